The van der Waals surface area contributed by atoms with E-state index in [0.29, 0.717) is 19.4 Å². The molecule has 0 aromatic heterocycles. The van der Waals surface area contributed by atoms with Gasteiger partial charge in [0, 0.05) is 12.3 Å². The zero-order chi connectivity index (χ0) is 18.4. The van der Waals surface area contributed by atoms with Crippen LogP contribution in [0.15, 0.2) is 4.99 Å². The second-order valence-corrected chi connectivity index (χ2v) is 5.28. The molecule has 0 spiro atoms. The Bertz CT molecular complexity index is 418. The summed E-state index contributed by atoms with van der Waals surface area (Å²) in [4.78, 5) is 33.9. The summed E-state index contributed by atoms with van der Waals surface area (Å²) < 4.78 is 0. The number of carboxylic acids is 3. The van der Waals surface area contributed by atoms with Crippen LogP contribution in [0.5, 0.6) is 0 Å². The number of carboxylic acid groups (broad SMARTS) is 3. The molecule has 0 rings (SSSR count). The van der Waals surface area contributed by atoms with Crippen molar-refractivity contribution >= 4 is 35.6 Å². The summed E-state index contributed by atoms with van der Waals surface area (Å²) >= 11 is 0.992. The summed E-state index contributed by atoms with van der Waals surface area (Å²) in [6.45, 7) is 0.420. The van der Waals surface area contributed by atoms with Crippen LogP contribution in [-0.4, -0.2) is 74.8 Å². The van der Waals surface area contributed by atoms with Crippen LogP contribution < -0.4 is 22.9 Å². The van der Waals surface area contributed by atoms with Gasteiger partial charge in [-0.25, -0.2) is 0 Å². The minimum atomic E-state index is -1.11. The van der Waals surface area contributed by atoms with E-state index >= 15 is 0 Å². The summed E-state index contributed by atoms with van der Waals surface area (Å²) in [5.41, 5.74) is 20.4. The van der Waals surface area contributed by atoms with E-state index in [4.69, 9.17) is 38.3 Å². The quantitative estimate of drug-likeness (QED) is 0.114. The molecule has 0 aliphatic carbocycles. The van der Waals surface area contributed by atoms with Crippen LogP contribution >= 0.6 is 11.8 Å². The van der Waals surface area contributed by atoms with Gasteiger partial charge in [0.25, 0.3) is 0 Å². The minimum absolute atomic E-state index is 0. The van der Waals surface area contributed by atoms with Gasteiger partial charge in [0.05, 0.1) is 5.75 Å². The normalized spacial score (nSPS) is 11.8. The first-order valence-corrected chi connectivity index (χ1v) is 7.55. The number of thioether (sulfide) groups is 1. The molecule has 12 nitrogen and oxygen atoms in total. The highest BCUT2D eigenvalue weighted by atomic mass is 32.2. The smallest absolute Gasteiger partial charge is 0.321 e. The van der Waals surface area contributed by atoms with E-state index < -0.39 is 30.0 Å². The average molecular weight is 371 g/mol. The van der Waals surface area contributed by atoms with Gasteiger partial charge in [0.15, 0.2) is 5.96 Å². The van der Waals surface area contributed by atoms with E-state index in [9.17, 15) is 14.4 Å². The van der Waals surface area contributed by atoms with Crippen LogP contribution in [-0.2, 0) is 14.4 Å². The lowest BCUT2D eigenvalue weighted by Gasteiger charge is -2.03. The highest BCUT2D eigenvalue weighted by Crippen LogP contribution is 2.00. The average Bonchev–Trinajstić information content (AvgIpc) is 2.43. The van der Waals surface area contributed by atoms with Gasteiger partial charge in [-0.15, -0.1) is 11.8 Å². The van der Waals surface area contributed by atoms with Crippen molar-refractivity contribution in [1.82, 2.24) is 0 Å². The minimum Gasteiger partial charge on any atom is -0.481 e. The third-order valence-corrected chi connectivity index (χ3v) is 3.17. The molecular weight excluding hydrogens is 346 g/mol. The maximum atomic E-state index is 10.2. The fourth-order valence-corrected chi connectivity index (χ4v) is 1.68. The number of guanidine groups is 1. The summed E-state index contributed by atoms with van der Waals surface area (Å²) in [6.07, 6.45) is 0.956. The Kier molecular flexibility index (Phi) is 17.6. The summed E-state index contributed by atoms with van der Waals surface area (Å²) in [7, 11) is 0. The number of rotatable bonds is 10. The molecule has 2 atom stereocenters. The highest BCUT2D eigenvalue weighted by Gasteiger charge is 2.11. The van der Waals surface area contributed by atoms with Crippen molar-refractivity contribution in [2.45, 2.75) is 24.9 Å². The molecule has 142 valence electrons. The molecule has 0 fully saturated rings. The molecule has 0 saturated carbocycles. The Balaban J connectivity index is -0.000000354. The molecule has 0 bridgehead atoms. The molecule has 0 heterocycles. The van der Waals surface area contributed by atoms with Crippen molar-refractivity contribution in [2.24, 2.45) is 27.9 Å². The van der Waals surface area contributed by atoms with E-state index in [0.717, 1.165) is 11.8 Å². The zero-order valence-electron chi connectivity index (χ0n) is 12.9. The molecule has 24 heavy (non-hydrogen) atoms. The van der Waals surface area contributed by atoms with E-state index in [-0.39, 0.29) is 22.9 Å². The Hall–Kier alpha value is -2.09. The van der Waals surface area contributed by atoms with Crippen LogP contribution in [0.1, 0.15) is 12.8 Å². The van der Waals surface area contributed by atoms with Crippen molar-refractivity contribution in [2.75, 3.05) is 18.1 Å². The molecule has 0 saturated heterocycles. The SMILES string of the molecule is NC(CSCC(=O)O)C(=O)O.NC(N)=NCCCC(N)C(=O)O.O. The lowest BCUT2D eigenvalue weighted by Crippen LogP contribution is -2.32. The zero-order valence-corrected chi connectivity index (χ0v) is 13.7. The molecule has 13 heteroatoms. The number of aliphatic imine (C=N–C) groups is 1. The monoisotopic (exact) mass is 371 g/mol. The van der Waals surface area contributed by atoms with Crippen LogP contribution in [0, 0.1) is 0 Å². The first-order valence-electron chi connectivity index (χ1n) is 6.39. The predicted molar refractivity (Wildman–Crippen MR) is 89.7 cm³/mol. The predicted octanol–water partition coefficient (Wildman–Crippen LogP) is -3.16. The number of aliphatic carboxylic acids is 3. The molecule has 13 N–H and O–H groups in total. The molecular formula is C11H25N5O7S. The topological polar surface area (TPSA) is 260 Å². The van der Waals surface area contributed by atoms with Crippen molar-refractivity contribution < 1.29 is 35.2 Å². The van der Waals surface area contributed by atoms with Gasteiger partial charge < -0.3 is 43.7 Å². The van der Waals surface area contributed by atoms with Crippen molar-refractivity contribution in [3.8, 4) is 0 Å². The summed E-state index contributed by atoms with van der Waals surface area (Å²) in [5, 5.41) is 24.8. The Morgan fingerprint density at radius 2 is 1.50 bits per heavy atom. The Morgan fingerprint density at radius 1 is 1.00 bits per heavy atom. The van der Waals surface area contributed by atoms with Gasteiger partial charge in [-0.1, -0.05) is 0 Å². The van der Waals surface area contributed by atoms with Crippen molar-refractivity contribution in [1.29, 1.82) is 0 Å². The van der Waals surface area contributed by atoms with E-state index in [1.54, 1.807) is 0 Å². The Labute approximate surface area is 142 Å². The van der Waals surface area contributed by atoms with Gasteiger partial charge in [-0.2, -0.15) is 0 Å². The number of carbonyl (C=O) groups is 3. The number of nitrogens with zero attached hydrogens (tertiary/aromatic N) is 1. The molecule has 0 amide bonds. The van der Waals surface area contributed by atoms with Crippen LogP contribution in [0.25, 0.3) is 0 Å². The lowest BCUT2D eigenvalue weighted by atomic mass is 10.2. The van der Waals surface area contributed by atoms with Gasteiger partial charge >= 0.3 is 17.9 Å². The van der Waals surface area contributed by atoms with E-state index in [2.05, 4.69) is 4.99 Å². The lowest BCUT2D eigenvalue weighted by molar-refractivity contribution is -0.139. The number of hydrogen-bond acceptors (Lipinski definition) is 7. The second kappa shape index (κ2) is 15.8. The van der Waals surface area contributed by atoms with Gasteiger partial charge in [-0.05, 0) is 12.8 Å². The fourth-order valence-electron chi connectivity index (χ4n) is 0.987. The number of hydrogen-bond donors (Lipinski definition) is 7. The molecule has 2 unspecified atom stereocenters. The molecule has 0 aromatic rings. The summed E-state index contributed by atoms with van der Waals surface area (Å²) in [6, 6.07) is -1.79. The van der Waals surface area contributed by atoms with E-state index in [1.165, 1.54) is 0 Å². The second-order valence-electron chi connectivity index (χ2n) is 4.25. The summed E-state index contributed by atoms with van der Waals surface area (Å²) in [5.74, 6) is -3.04. The maximum Gasteiger partial charge on any atom is 0.321 e. The first-order chi connectivity index (χ1) is 10.6. The first kappa shape index (κ1) is 26.8. The molecule has 0 radical (unpaired) electrons. The van der Waals surface area contributed by atoms with Gasteiger partial charge in [0.2, 0.25) is 0 Å². The van der Waals surface area contributed by atoms with Crippen LogP contribution in [0.3, 0.4) is 0 Å². The van der Waals surface area contributed by atoms with Crippen LogP contribution in [0.2, 0.25) is 0 Å². The van der Waals surface area contributed by atoms with Gasteiger partial charge in [-0.3, -0.25) is 19.4 Å². The van der Waals surface area contributed by atoms with Crippen molar-refractivity contribution in [3.05, 3.63) is 0 Å². The van der Waals surface area contributed by atoms with Gasteiger partial charge in [0.1, 0.15) is 12.1 Å². The molecule has 0 aliphatic rings. The van der Waals surface area contributed by atoms with Crippen molar-refractivity contribution in [3.63, 3.8) is 0 Å². The largest absolute Gasteiger partial charge is 0.481 e. The standard InChI is InChI=1S/C6H14N4O2.C5H9NO4S.H2O/c7-4(5(11)12)2-1-3-10-6(8)9;6-3(5(9)10)1-11-2-4(7)8;/h4H,1-3,7H2,(H,11,12)(H4,8,9,10);3H,1-2,6H2,(H,7,8)(H,9,10);1H2. The van der Waals surface area contributed by atoms with E-state index in [1.807, 2.05) is 0 Å². The Morgan fingerprint density at radius 3 is 1.88 bits per heavy atom. The highest BCUT2D eigenvalue weighted by molar-refractivity contribution is 8.00. The number of nitrogens with two attached hydrogens (primary N) is 4. The maximum absolute atomic E-state index is 10.2. The molecule has 0 aromatic carbocycles. The molecule has 0 aliphatic heterocycles. The van der Waals surface area contributed by atoms with Crippen LogP contribution in [0.4, 0.5) is 0 Å². The fraction of sp³-hybridized carbons (Fsp3) is 0.636. The third-order valence-electron chi connectivity index (χ3n) is 2.12. The third kappa shape index (κ3) is 19.9.